The number of benzene rings is 1. The van der Waals surface area contributed by atoms with Gasteiger partial charge in [0.2, 0.25) is 0 Å². The molecule has 66 valence electrons. The highest BCUT2D eigenvalue weighted by Gasteiger charge is 2.02. The largest absolute Gasteiger partial charge is 0.155 e. The lowest BCUT2D eigenvalue weighted by molar-refractivity contribution is 1.000. The standard InChI is InChI=1S/C10H9BrN2/c1-6-7(2)12-13-10-4-3-8(11)5-9(6)10/h3-5H,1-2H3. The predicted octanol–water partition coefficient (Wildman–Crippen LogP) is 3.01. The van der Waals surface area contributed by atoms with Gasteiger partial charge in [-0.15, -0.1) is 0 Å². The third kappa shape index (κ3) is 1.44. The van der Waals surface area contributed by atoms with E-state index in [1.807, 2.05) is 19.1 Å². The summed E-state index contributed by atoms with van der Waals surface area (Å²) in [4.78, 5) is 0. The van der Waals surface area contributed by atoms with E-state index in [0.29, 0.717) is 0 Å². The lowest BCUT2D eigenvalue weighted by atomic mass is 10.1. The molecular formula is C10H9BrN2. The highest BCUT2D eigenvalue weighted by Crippen LogP contribution is 2.21. The van der Waals surface area contributed by atoms with Crippen molar-refractivity contribution in [3.8, 4) is 0 Å². The number of hydrogen-bond acceptors (Lipinski definition) is 2. The van der Waals surface area contributed by atoms with Gasteiger partial charge < -0.3 is 0 Å². The van der Waals surface area contributed by atoms with Gasteiger partial charge in [0.15, 0.2) is 0 Å². The second-order valence-corrected chi connectivity index (χ2v) is 3.99. The average molecular weight is 237 g/mol. The molecule has 3 heteroatoms. The maximum absolute atomic E-state index is 4.11. The number of halogens is 1. The molecule has 0 bridgehead atoms. The minimum atomic E-state index is 0.950. The number of hydrogen-bond donors (Lipinski definition) is 0. The van der Waals surface area contributed by atoms with Crippen LogP contribution in [0, 0.1) is 13.8 Å². The molecule has 13 heavy (non-hydrogen) atoms. The fourth-order valence-corrected chi connectivity index (χ4v) is 1.66. The van der Waals surface area contributed by atoms with Crippen LogP contribution in [0.3, 0.4) is 0 Å². The first-order valence-corrected chi connectivity index (χ1v) is 4.87. The zero-order valence-corrected chi connectivity index (χ0v) is 9.09. The van der Waals surface area contributed by atoms with Gasteiger partial charge in [0.25, 0.3) is 0 Å². The van der Waals surface area contributed by atoms with Crippen molar-refractivity contribution in [3.05, 3.63) is 33.9 Å². The fourth-order valence-electron chi connectivity index (χ4n) is 1.29. The van der Waals surface area contributed by atoms with Crippen LogP contribution in [0.1, 0.15) is 11.3 Å². The number of nitrogens with zero attached hydrogens (tertiary/aromatic N) is 2. The molecule has 2 aromatic rings. The van der Waals surface area contributed by atoms with Gasteiger partial charge in [0.1, 0.15) is 0 Å². The summed E-state index contributed by atoms with van der Waals surface area (Å²) in [5.74, 6) is 0. The van der Waals surface area contributed by atoms with Gasteiger partial charge in [0.05, 0.1) is 11.2 Å². The normalized spacial score (nSPS) is 10.7. The van der Waals surface area contributed by atoms with E-state index >= 15 is 0 Å². The molecular weight excluding hydrogens is 228 g/mol. The molecule has 0 unspecified atom stereocenters. The summed E-state index contributed by atoms with van der Waals surface area (Å²) < 4.78 is 1.08. The highest BCUT2D eigenvalue weighted by molar-refractivity contribution is 9.10. The van der Waals surface area contributed by atoms with Gasteiger partial charge in [-0.3, -0.25) is 0 Å². The summed E-state index contributed by atoms with van der Waals surface area (Å²) in [5, 5.41) is 9.35. The molecule has 1 aromatic heterocycles. The zero-order chi connectivity index (χ0) is 9.42. The van der Waals surface area contributed by atoms with Crippen LogP contribution in [0.5, 0.6) is 0 Å². The van der Waals surface area contributed by atoms with Crippen LogP contribution in [0.4, 0.5) is 0 Å². The lowest BCUT2D eigenvalue weighted by Crippen LogP contribution is -1.92. The summed E-state index contributed by atoms with van der Waals surface area (Å²) in [6.45, 7) is 4.04. The monoisotopic (exact) mass is 236 g/mol. The van der Waals surface area contributed by atoms with Crippen molar-refractivity contribution < 1.29 is 0 Å². The smallest absolute Gasteiger partial charge is 0.0933 e. The van der Waals surface area contributed by atoms with Gasteiger partial charge >= 0.3 is 0 Å². The van der Waals surface area contributed by atoms with Gasteiger partial charge in [-0.05, 0) is 37.6 Å². The molecule has 0 aliphatic heterocycles. The number of rotatable bonds is 0. The van der Waals surface area contributed by atoms with E-state index in [1.165, 1.54) is 10.9 Å². The minimum absolute atomic E-state index is 0.950. The third-order valence-corrected chi connectivity index (χ3v) is 2.71. The molecule has 0 amide bonds. The molecule has 0 saturated heterocycles. The Hall–Kier alpha value is -0.960. The summed E-state index contributed by atoms with van der Waals surface area (Å²) in [7, 11) is 0. The van der Waals surface area contributed by atoms with Crippen molar-refractivity contribution in [2.75, 3.05) is 0 Å². The molecule has 0 atom stereocenters. The summed E-state index contributed by atoms with van der Waals surface area (Å²) in [6.07, 6.45) is 0. The van der Waals surface area contributed by atoms with Crippen LogP contribution < -0.4 is 0 Å². The molecule has 0 radical (unpaired) electrons. The Morgan fingerprint density at radius 2 is 1.92 bits per heavy atom. The lowest BCUT2D eigenvalue weighted by Gasteiger charge is -2.03. The van der Waals surface area contributed by atoms with Gasteiger partial charge in [0, 0.05) is 9.86 Å². The summed E-state index contributed by atoms with van der Waals surface area (Å²) in [6, 6.07) is 6.02. The van der Waals surface area contributed by atoms with Crippen molar-refractivity contribution in [3.63, 3.8) is 0 Å². The Labute approximate surface area is 85.1 Å². The highest BCUT2D eigenvalue weighted by atomic mass is 79.9. The van der Waals surface area contributed by atoms with Crippen LogP contribution in [0.25, 0.3) is 10.9 Å². The Balaban J connectivity index is 2.89. The molecule has 0 N–H and O–H groups in total. The molecule has 0 saturated carbocycles. The summed E-state index contributed by atoms with van der Waals surface area (Å²) >= 11 is 3.44. The molecule has 0 spiro atoms. The fraction of sp³-hybridized carbons (Fsp3) is 0.200. The van der Waals surface area contributed by atoms with Crippen molar-refractivity contribution in [1.82, 2.24) is 10.2 Å². The Morgan fingerprint density at radius 3 is 2.69 bits per heavy atom. The summed E-state index contributed by atoms with van der Waals surface area (Å²) in [5.41, 5.74) is 3.14. The predicted molar refractivity (Wildman–Crippen MR) is 56.7 cm³/mol. The van der Waals surface area contributed by atoms with Crippen molar-refractivity contribution in [2.45, 2.75) is 13.8 Å². The first-order chi connectivity index (χ1) is 6.18. The van der Waals surface area contributed by atoms with Crippen LogP contribution in [-0.2, 0) is 0 Å². The second kappa shape index (κ2) is 3.07. The van der Waals surface area contributed by atoms with E-state index in [-0.39, 0.29) is 0 Å². The molecule has 2 nitrogen and oxygen atoms in total. The first kappa shape index (κ1) is 8.63. The van der Waals surface area contributed by atoms with Gasteiger partial charge in [-0.1, -0.05) is 15.9 Å². The van der Waals surface area contributed by atoms with Crippen LogP contribution in [0.15, 0.2) is 22.7 Å². The number of aryl methyl sites for hydroxylation is 2. The molecule has 0 aliphatic carbocycles. The molecule has 0 aliphatic rings. The first-order valence-electron chi connectivity index (χ1n) is 4.07. The maximum Gasteiger partial charge on any atom is 0.0933 e. The van der Waals surface area contributed by atoms with E-state index < -0.39 is 0 Å². The quantitative estimate of drug-likeness (QED) is 0.703. The third-order valence-electron chi connectivity index (χ3n) is 2.21. The molecule has 2 rings (SSSR count). The van der Waals surface area contributed by atoms with E-state index in [4.69, 9.17) is 0 Å². The van der Waals surface area contributed by atoms with E-state index in [1.54, 1.807) is 0 Å². The Kier molecular flexibility index (Phi) is 2.04. The van der Waals surface area contributed by atoms with Crippen LogP contribution in [-0.4, -0.2) is 10.2 Å². The Morgan fingerprint density at radius 1 is 1.15 bits per heavy atom. The van der Waals surface area contributed by atoms with E-state index in [0.717, 1.165) is 15.7 Å². The SMILES string of the molecule is Cc1nnc2ccc(Br)cc2c1C. The molecule has 0 fully saturated rings. The van der Waals surface area contributed by atoms with Crippen molar-refractivity contribution in [2.24, 2.45) is 0 Å². The van der Waals surface area contributed by atoms with Gasteiger partial charge in [-0.25, -0.2) is 0 Å². The van der Waals surface area contributed by atoms with E-state index in [2.05, 4.69) is 39.1 Å². The van der Waals surface area contributed by atoms with Crippen molar-refractivity contribution >= 4 is 26.8 Å². The average Bonchev–Trinajstić information content (AvgIpc) is 2.12. The topological polar surface area (TPSA) is 25.8 Å². The minimum Gasteiger partial charge on any atom is -0.155 e. The van der Waals surface area contributed by atoms with Crippen LogP contribution >= 0.6 is 15.9 Å². The van der Waals surface area contributed by atoms with Crippen LogP contribution in [0.2, 0.25) is 0 Å². The molecule has 1 aromatic carbocycles. The Bertz CT molecular complexity index is 460. The molecule has 1 heterocycles. The number of fused-ring (bicyclic) bond motifs is 1. The zero-order valence-electron chi connectivity index (χ0n) is 7.50. The van der Waals surface area contributed by atoms with Gasteiger partial charge in [-0.2, -0.15) is 10.2 Å². The number of aromatic nitrogens is 2. The van der Waals surface area contributed by atoms with Crippen molar-refractivity contribution in [1.29, 1.82) is 0 Å². The van der Waals surface area contributed by atoms with E-state index in [9.17, 15) is 0 Å². The second-order valence-electron chi connectivity index (χ2n) is 3.07. The maximum atomic E-state index is 4.11.